The molecule has 1 aromatic heterocycles. The second kappa shape index (κ2) is 3.74. The summed E-state index contributed by atoms with van der Waals surface area (Å²) in [5, 5.41) is 0. The number of hydrogen-bond acceptors (Lipinski definition) is 1. The minimum absolute atomic E-state index is 0.727. The molecule has 0 bridgehead atoms. The second-order valence-corrected chi connectivity index (χ2v) is 5.30. The van der Waals surface area contributed by atoms with Gasteiger partial charge < -0.3 is 4.98 Å². The van der Waals surface area contributed by atoms with Crippen molar-refractivity contribution in [1.82, 2.24) is 9.97 Å². The fourth-order valence-corrected chi connectivity index (χ4v) is 2.57. The van der Waals surface area contributed by atoms with Crippen molar-refractivity contribution < 1.29 is 0 Å². The van der Waals surface area contributed by atoms with Gasteiger partial charge in [0.05, 0.1) is 0 Å². The Morgan fingerprint density at radius 2 is 2.19 bits per heavy atom. The molecule has 16 heavy (non-hydrogen) atoms. The first-order valence-corrected chi connectivity index (χ1v) is 6.35. The van der Waals surface area contributed by atoms with Gasteiger partial charge in [-0.1, -0.05) is 22.0 Å². The van der Waals surface area contributed by atoms with Crippen LogP contribution in [0.15, 0.2) is 28.9 Å². The van der Waals surface area contributed by atoms with Crippen LogP contribution in [0.1, 0.15) is 30.0 Å². The van der Waals surface area contributed by atoms with Gasteiger partial charge in [-0.15, -0.1) is 0 Å². The zero-order valence-corrected chi connectivity index (χ0v) is 10.7. The van der Waals surface area contributed by atoms with Crippen molar-refractivity contribution in [3.05, 3.63) is 40.1 Å². The number of benzene rings is 1. The lowest BCUT2D eigenvalue weighted by atomic mass is 10.1. The first-order chi connectivity index (χ1) is 7.74. The van der Waals surface area contributed by atoms with E-state index < -0.39 is 0 Å². The van der Waals surface area contributed by atoms with E-state index in [2.05, 4.69) is 51.0 Å². The van der Waals surface area contributed by atoms with Gasteiger partial charge in [-0.3, -0.25) is 0 Å². The quantitative estimate of drug-likeness (QED) is 0.882. The van der Waals surface area contributed by atoms with Gasteiger partial charge in [0.25, 0.3) is 0 Å². The highest BCUT2D eigenvalue weighted by Gasteiger charge is 2.25. The summed E-state index contributed by atoms with van der Waals surface area (Å²) >= 11 is 3.59. The van der Waals surface area contributed by atoms with Crippen LogP contribution < -0.4 is 0 Å². The smallest absolute Gasteiger partial charge is 0.138 e. The van der Waals surface area contributed by atoms with Gasteiger partial charge in [-0.2, -0.15) is 0 Å². The monoisotopic (exact) mass is 276 g/mol. The number of aryl methyl sites for hydroxylation is 1. The summed E-state index contributed by atoms with van der Waals surface area (Å²) in [5.74, 6) is 1.69. The summed E-state index contributed by atoms with van der Waals surface area (Å²) in [4.78, 5) is 7.86. The molecule has 0 spiro atoms. The minimum atomic E-state index is 0.727. The Balaban J connectivity index is 2.00. The molecule has 82 valence electrons. The Morgan fingerprint density at radius 1 is 1.38 bits per heavy atom. The third kappa shape index (κ3) is 1.80. The highest BCUT2D eigenvalue weighted by molar-refractivity contribution is 9.10. The van der Waals surface area contributed by atoms with E-state index in [0.29, 0.717) is 0 Å². The third-order valence-corrected chi connectivity index (χ3v) is 3.65. The molecule has 0 atom stereocenters. The van der Waals surface area contributed by atoms with E-state index in [4.69, 9.17) is 0 Å². The average molecular weight is 277 g/mol. The van der Waals surface area contributed by atoms with Crippen LogP contribution in [0, 0.1) is 6.92 Å². The van der Waals surface area contributed by atoms with E-state index >= 15 is 0 Å². The molecule has 1 aliphatic carbocycles. The number of nitrogens with one attached hydrogen (secondary N) is 1. The number of aromatic nitrogens is 2. The van der Waals surface area contributed by atoms with Crippen molar-refractivity contribution in [3.8, 4) is 11.4 Å². The third-order valence-electron chi connectivity index (χ3n) is 2.99. The number of nitrogens with zero attached hydrogens (tertiary/aromatic N) is 1. The summed E-state index contributed by atoms with van der Waals surface area (Å²) in [6, 6.07) is 6.34. The van der Waals surface area contributed by atoms with E-state index in [9.17, 15) is 0 Å². The Bertz CT molecular complexity index is 526. The molecule has 1 heterocycles. The zero-order chi connectivity index (χ0) is 11.1. The van der Waals surface area contributed by atoms with Crippen LogP contribution in [0.4, 0.5) is 0 Å². The average Bonchev–Trinajstić information content (AvgIpc) is 2.98. The Morgan fingerprint density at radius 3 is 2.88 bits per heavy atom. The predicted octanol–water partition coefficient (Wildman–Crippen LogP) is 4.03. The zero-order valence-electron chi connectivity index (χ0n) is 9.13. The number of hydrogen-bond donors (Lipinski definition) is 1. The summed E-state index contributed by atoms with van der Waals surface area (Å²) in [5.41, 5.74) is 3.67. The van der Waals surface area contributed by atoms with Gasteiger partial charge >= 0.3 is 0 Å². The van der Waals surface area contributed by atoms with Gasteiger partial charge in [0.2, 0.25) is 0 Å². The molecule has 1 aromatic carbocycles. The van der Waals surface area contributed by atoms with Gasteiger partial charge in [-0.05, 0) is 37.5 Å². The molecule has 0 radical (unpaired) electrons. The van der Waals surface area contributed by atoms with Crippen molar-refractivity contribution >= 4 is 15.9 Å². The van der Waals surface area contributed by atoms with Crippen LogP contribution >= 0.6 is 15.9 Å². The number of imidazole rings is 1. The number of halogens is 1. The molecule has 3 heteroatoms. The first-order valence-electron chi connectivity index (χ1n) is 5.55. The second-order valence-electron chi connectivity index (χ2n) is 4.44. The first kappa shape index (κ1) is 10.1. The molecule has 0 amide bonds. The highest BCUT2D eigenvalue weighted by Crippen LogP contribution is 2.40. The maximum Gasteiger partial charge on any atom is 0.138 e. The molecule has 0 aliphatic heterocycles. The van der Waals surface area contributed by atoms with Gasteiger partial charge in [0, 0.05) is 27.8 Å². The number of H-pyrrole nitrogens is 1. The standard InChI is InChI=1S/C13H13BrN2/c1-8-2-5-10(11(14)6-8)13-15-7-12(16-13)9-3-4-9/h2,5-7,9H,3-4H2,1H3,(H,15,16). The van der Waals surface area contributed by atoms with E-state index in [1.807, 2.05) is 6.20 Å². The summed E-state index contributed by atoms with van der Waals surface area (Å²) < 4.78 is 1.10. The van der Waals surface area contributed by atoms with Crippen LogP contribution in [0.2, 0.25) is 0 Å². The molecule has 1 fully saturated rings. The molecule has 1 N–H and O–H groups in total. The molecule has 3 rings (SSSR count). The Kier molecular flexibility index (Phi) is 2.36. The van der Waals surface area contributed by atoms with Crippen LogP contribution in [0.5, 0.6) is 0 Å². The topological polar surface area (TPSA) is 28.7 Å². The van der Waals surface area contributed by atoms with E-state index in [1.54, 1.807) is 0 Å². The fraction of sp³-hybridized carbons (Fsp3) is 0.308. The fourth-order valence-electron chi connectivity index (χ4n) is 1.89. The number of rotatable bonds is 2. The minimum Gasteiger partial charge on any atom is -0.342 e. The Hall–Kier alpha value is -1.09. The van der Waals surface area contributed by atoms with Crippen molar-refractivity contribution in [2.45, 2.75) is 25.7 Å². The summed E-state index contributed by atoms with van der Waals surface area (Å²) in [7, 11) is 0. The van der Waals surface area contributed by atoms with Crippen LogP contribution in [-0.4, -0.2) is 9.97 Å². The van der Waals surface area contributed by atoms with Crippen LogP contribution in [-0.2, 0) is 0 Å². The number of aromatic amines is 1. The normalized spacial score (nSPS) is 15.4. The molecule has 0 unspecified atom stereocenters. The van der Waals surface area contributed by atoms with Gasteiger partial charge in [-0.25, -0.2) is 4.98 Å². The lowest BCUT2D eigenvalue weighted by Gasteiger charge is -2.02. The largest absolute Gasteiger partial charge is 0.342 e. The van der Waals surface area contributed by atoms with Crippen molar-refractivity contribution in [3.63, 3.8) is 0 Å². The molecular formula is C13H13BrN2. The van der Waals surface area contributed by atoms with Gasteiger partial charge in [0.1, 0.15) is 5.82 Å². The van der Waals surface area contributed by atoms with E-state index in [1.165, 1.54) is 24.1 Å². The molecule has 0 saturated heterocycles. The van der Waals surface area contributed by atoms with Crippen LogP contribution in [0.3, 0.4) is 0 Å². The maximum absolute atomic E-state index is 4.45. The summed E-state index contributed by atoms with van der Waals surface area (Å²) in [6.07, 6.45) is 4.58. The summed E-state index contributed by atoms with van der Waals surface area (Å²) in [6.45, 7) is 2.09. The van der Waals surface area contributed by atoms with Crippen molar-refractivity contribution in [1.29, 1.82) is 0 Å². The molecule has 2 aromatic rings. The molecule has 1 saturated carbocycles. The Labute approximate surface area is 103 Å². The highest BCUT2D eigenvalue weighted by atomic mass is 79.9. The van der Waals surface area contributed by atoms with Crippen molar-refractivity contribution in [2.75, 3.05) is 0 Å². The predicted molar refractivity (Wildman–Crippen MR) is 68.4 cm³/mol. The van der Waals surface area contributed by atoms with E-state index in [0.717, 1.165) is 21.8 Å². The maximum atomic E-state index is 4.45. The SMILES string of the molecule is Cc1ccc(-c2ncc(C3CC3)[nH]2)c(Br)c1. The lowest BCUT2D eigenvalue weighted by molar-refractivity contribution is 1.05. The van der Waals surface area contributed by atoms with Gasteiger partial charge in [0.15, 0.2) is 0 Å². The molecular weight excluding hydrogens is 264 g/mol. The lowest BCUT2D eigenvalue weighted by Crippen LogP contribution is -1.84. The van der Waals surface area contributed by atoms with E-state index in [-0.39, 0.29) is 0 Å². The van der Waals surface area contributed by atoms with Crippen molar-refractivity contribution in [2.24, 2.45) is 0 Å². The molecule has 2 nitrogen and oxygen atoms in total. The molecule has 1 aliphatic rings. The van der Waals surface area contributed by atoms with Crippen LogP contribution in [0.25, 0.3) is 11.4 Å².